The first-order valence-electron chi connectivity index (χ1n) is 15.8. The SMILES string of the molecule is c1ccc(-c2nc(-c3cccc(-c4nc5oc6ccccc6c5c5ccccc45)c3)nc(-c3cccc4c3sc3ccccc34)n2)cc1. The number of nitrogens with zero attached hydrogens (tertiary/aromatic N) is 4. The van der Waals surface area contributed by atoms with Crippen LogP contribution in [0.3, 0.4) is 0 Å². The highest BCUT2D eigenvalue weighted by Gasteiger charge is 2.19. The second-order valence-electron chi connectivity index (χ2n) is 11.8. The van der Waals surface area contributed by atoms with Gasteiger partial charge in [0.25, 0.3) is 0 Å². The van der Waals surface area contributed by atoms with Gasteiger partial charge in [0.15, 0.2) is 17.5 Å². The van der Waals surface area contributed by atoms with Gasteiger partial charge in [-0.15, -0.1) is 11.3 Å². The fourth-order valence-corrected chi connectivity index (χ4v) is 7.94. The Morgan fingerprint density at radius 1 is 0.438 bits per heavy atom. The lowest BCUT2D eigenvalue weighted by Gasteiger charge is -2.11. The third-order valence-corrected chi connectivity index (χ3v) is 10.2. The Balaban J connectivity index is 1.19. The summed E-state index contributed by atoms with van der Waals surface area (Å²) in [5, 5.41) is 6.72. The molecule has 0 aliphatic rings. The summed E-state index contributed by atoms with van der Waals surface area (Å²) in [6.45, 7) is 0. The topological polar surface area (TPSA) is 64.7 Å². The van der Waals surface area contributed by atoms with Gasteiger partial charge in [0.05, 0.1) is 11.1 Å². The van der Waals surface area contributed by atoms with E-state index in [1.165, 1.54) is 20.2 Å². The van der Waals surface area contributed by atoms with E-state index in [1.54, 1.807) is 11.3 Å². The standard InChI is InChI=1S/C42H24N4OS/c1-2-12-25(13-3-1)39-44-40(46-41(45-39)33-21-11-20-31-28-16-7-9-23-35(28)48-38(31)33)27-15-10-14-26(24-27)37-30-18-5-4-17-29(30)36-32-19-6-8-22-34(32)47-42(36)43-37/h1-24H. The number of fused-ring (bicyclic) bond motifs is 8. The van der Waals surface area contributed by atoms with Gasteiger partial charge in [-0.25, -0.2) is 19.9 Å². The first kappa shape index (κ1) is 26.9. The Hall–Kier alpha value is -6.24. The number of aromatic nitrogens is 4. The Bertz CT molecular complexity index is 2860. The molecule has 10 aromatic rings. The number of rotatable bonds is 4. The lowest BCUT2D eigenvalue weighted by atomic mass is 9.99. The third-order valence-electron chi connectivity index (χ3n) is 8.95. The van der Waals surface area contributed by atoms with Crippen LogP contribution in [0, 0.1) is 0 Å². The molecule has 0 atom stereocenters. The van der Waals surface area contributed by atoms with Gasteiger partial charge >= 0.3 is 0 Å². The Labute approximate surface area is 278 Å². The average Bonchev–Trinajstić information content (AvgIpc) is 3.73. The van der Waals surface area contributed by atoms with E-state index in [2.05, 4.69) is 91.0 Å². The Kier molecular flexibility index (Phi) is 5.98. The largest absolute Gasteiger partial charge is 0.438 e. The van der Waals surface area contributed by atoms with Crippen molar-refractivity contribution in [3.8, 4) is 45.4 Å². The van der Waals surface area contributed by atoms with E-state index in [1.807, 2.05) is 54.6 Å². The van der Waals surface area contributed by atoms with Gasteiger partial charge in [-0.3, -0.25) is 0 Å². The second kappa shape index (κ2) is 10.7. The van der Waals surface area contributed by atoms with Crippen molar-refractivity contribution in [1.82, 2.24) is 19.9 Å². The maximum Gasteiger partial charge on any atom is 0.228 e. The minimum absolute atomic E-state index is 0.605. The summed E-state index contributed by atoms with van der Waals surface area (Å²) in [6, 6.07) is 49.8. The molecule has 48 heavy (non-hydrogen) atoms. The molecule has 0 unspecified atom stereocenters. The molecule has 6 aromatic carbocycles. The second-order valence-corrected chi connectivity index (χ2v) is 12.9. The summed E-state index contributed by atoms with van der Waals surface area (Å²) in [5.74, 6) is 1.88. The number of thiophene rings is 1. The van der Waals surface area contributed by atoms with Crippen LogP contribution in [-0.2, 0) is 0 Å². The monoisotopic (exact) mass is 632 g/mol. The predicted octanol–water partition coefficient (Wildman–Crippen LogP) is 11.4. The molecule has 0 saturated carbocycles. The van der Waals surface area contributed by atoms with Crippen LogP contribution in [0.5, 0.6) is 0 Å². The molecule has 4 heterocycles. The summed E-state index contributed by atoms with van der Waals surface area (Å²) >= 11 is 1.77. The molecule has 0 N–H and O–H groups in total. The van der Waals surface area contributed by atoms with Crippen LogP contribution in [0.4, 0.5) is 0 Å². The minimum Gasteiger partial charge on any atom is -0.438 e. The van der Waals surface area contributed by atoms with Crippen molar-refractivity contribution in [1.29, 1.82) is 0 Å². The van der Waals surface area contributed by atoms with Crippen molar-refractivity contribution >= 4 is 64.4 Å². The van der Waals surface area contributed by atoms with Crippen molar-refractivity contribution in [3.05, 3.63) is 146 Å². The fraction of sp³-hybridized carbons (Fsp3) is 0. The number of hydrogen-bond acceptors (Lipinski definition) is 6. The van der Waals surface area contributed by atoms with E-state index in [-0.39, 0.29) is 0 Å². The maximum atomic E-state index is 6.28. The zero-order chi connectivity index (χ0) is 31.6. The quantitative estimate of drug-likeness (QED) is 0.193. The van der Waals surface area contributed by atoms with E-state index in [4.69, 9.17) is 24.4 Å². The van der Waals surface area contributed by atoms with E-state index in [9.17, 15) is 0 Å². The van der Waals surface area contributed by atoms with E-state index >= 15 is 0 Å². The zero-order valence-corrected chi connectivity index (χ0v) is 26.3. The summed E-state index contributed by atoms with van der Waals surface area (Å²) in [4.78, 5) is 20.3. The van der Waals surface area contributed by atoms with Crippen LogP contribution in [0.2, 0.25) is 0 Å². The smallest absolute Gasteiger partial charge is 0.228 e. The van der Waals surface area contributed by atoms with Gasteiger partial charge in [-0.05, 0) is 29.7 Å². The van der Waals surface area contributed by atoms with Crippen LogP contribution in [-0.4, -0.2) is 19.9 Å². The molecule has 0 radical (unpaired) electrons. The van der Waals surface area contributed by atoms with E-state index in [0.717, 1.165) is 55.1 Å². The molecule has 0 spiro atoms. The van der Waals surface area contributed by atoms with E-state index in [0.29, 0.717) is 23.2 Å². The molecular formula is C42H24N4OS. The van der Waals surface area contributed by atoms with Gasteiger partial charge in [0.2, 0.25) is 5.71 Å². The lowest BCUT2D eigenvalue weighted by Crippen LogP contribution is -2.00. The first-order chi connectivity index (χ1) is 23.8. The lowest BCUT2D eigenvalue weighted by molar-refractivity contribution is 0.655. The number of para-hydroxylation sites is 1. The van der Waals surface area contributed by atoms with Gasteiger partial charge in [0.1, 0.15) is 5.58 Å². The summed E-state index contributed by atoms with van der Waals surface area (Å²) in [7, 11) is 0. The summed E-state index contributed by atoms with van der Waals surface area (Å²) in [6.07, 6.45) is 0. The van der Waals surface area contributed by atoms with Crippen molar-refractivity contribution in [2.24, 2.45) is 0 Å². The first-order valence-corrected chi connectivity index (χ1v) is 16.6. The molecule has 0 saturated heterocycles. The molecule has 0 bridgehead atoms. The van der Waals surface area contributed by atoms with Gasteiger partial charge in [-0.2, -0.15) is 0 Å². The highest BCUT2D eigenvalue weighted by Crippen LogP contribution is 2.41. The number of furan rings is 1. The molecule has 6 heteroatoms. The van der Waals surface area contributed by atoms with E-state index < -0.39 is 0 Å². The van der Waals surface area contributed by atoms with Crippen LogP contribution >= 0.6 is 11.3 Å². The summed E-state index contributed by atoms with van der Waals surface area (Å²) in [5.41, 5.74) is 6.08. The molecular weight excluding hydrogens is 609 g/mol. The van der Waals surface area contributed by atoms with Crippen molar-refractivity contribution < 1.29 is 4.42 Å². The highest BCUT2D eigenvalue weighted by atomic mass is 32.1. The highest BCUT2D eigenvalue weighted by molar-refractivity contribution is 7.26. The summed E-state index contributed by atoms with van der Waals surface area (Å²) < 4.78 is 8.69. The predicted molar refractivity (Wildman–Crippen MR) is 197 cm³/mol. The zero-order valence-electron chi connectivity index (χ0n) is 25.5. The normalized spacial score (nSPS) is 11.8. The Morgan fingerprint density at radius 3 is 1.94 bits per heavy atom. The van der Waals surface area contributed by atoms with Crippen molar-refractivity contribution in [2.75, 3.05) is 0 Å². The fourth-order valence-electron chi connectivity index (χ4n) is 6.73. The van der Waals surface area contributed by atoms with Crippen LogP contribution < -0.4 is 0 Å². The van der Waals surface area contributed by atoms with Crippen LogP contribution in [0.15, 0.2) is 150 Å². The number of benzene rings is 6. The Morgan fingerprint density at radius 2 is 1.06 bits per heavy atom. The molecule has 0 amide bonds. The average molecular weight is 633 g/mol. The maximum absolute atomic E-state index is 6.28. The number of pyridine rings is 1. The van der Waals surface area contributed by atoms with Crippen molar-refractivity contribution in [3.63, 3.8) is 0 Å². The molecule has 0 aliphatic carbocycles. The molecule has 4 aromatic heterocycles. The van der Waals surface area contributed by atoms with Gasteiger partial charge in [0, 0.05) is 53.2 Å². The molecule has 0 aliphatic heterocycles. The van der Waals surface area contributed by atoms with Crippen LogP contribution in [0.1, 0.15) is 0 Å². The molecule has 0 fully saturated rings. The van der Waals surface area contributed by atoms with Crippen LogP contribution in [0.25, 0.3) is 98.4 Å². The molecule has 224 valence electrons. The number of hydrogen-bond donors (Lipinski definition) is 0. The van der Waals surface area contributed by atoms with Gasteiger partial charge < -0.3 is 4.42 Å². The molecule has 10 rings (SSSR count). The molecule has 5 nitrogen and oxygen atoms in total. The van der Waals surface area contributed by atoms with Crippen molar-refractivity contribution in [2.45, 2.75) is 0 Å². The van der Waals surface area contributed by atoms with Gasteiger partial charge in [-0.1, -0.05) is 121 Å². The third kappa shape index (κ3) is 4.24. The minimum atomic E-state index is 0.605.